The second-order valence-electron chi connectivity index (χ2n) is 3.44. The molecule has 98 valence electrons. The van der Waals surface area contributed by atoms with Crippen molar-refractivity contribution in [2.45, 2.75) is 0 Å². The highest BCUT2D eigenvalue weighted by molar-refractivity contribution is 6.43. The normalized spacial score (nSPS) is 10.3. The molecule has 0 saturated carbocycles. The average Bonchev–Trinajstić information content (AvgIpc) is 2.33. The Morgan fingerprint density at radius 2 is 1.74 bits per heavy atom. The summed E-state index contributed by atoms with van der Waals surface area (Å²) in [4.78, 5) is 19.1. The molecule has 1 N–H and O–H groups in total. The predicted octanol–water partition coefficient (Wildman–Crippen LogP) is 3.31. The molecule has 1 aromatic carbocycles. The van der Waals surface area contributed by atoms with Crippen LogP contribution in [0.4, 0.5) is 14.6 Å². The molecular weight excluding hydrogens is 299 g/mol. The molecule has 0 atom stereocenters. The topological polar surface area (TPSA) is 54.9 Å². The van der Waals surface area contributed by atoms with E-state index in [1.54, 1.807) is 0 Å². The summed E-state index contributed by atoms with van der Waals surface area (Å²) in [5.74, 6) is -2.54. The first-order valence-electron chi connectivity index (χ1n) is 4.91. The number of anilines is 1. The third-order valence-electron chi connectivity index (χ3n) is 2.10. The fraction of sp³-hybridized carbons (Fsp3) is 0. The van der Waals surface area contributed by atoms with Gasteiger partial charge >= 0.3 is 0 Å². The second-order valence-corrected chi connectivity index (χ2v) is 4.18. The van der Waals surface area contributed by atoms with Crippen LogP contribution in [0.1, 0.15) is 10.4 Å². The van der Waals surface area contributed by atoms with Gasteiger partial charge in [-0.25, -0.2) is 18.7 Å². The molecule has 0 unspecified atom stereocenters. The molecule has 0 aliphatic heterocycles. The predicted molar refractivity (Wildman–Crippen MR) is 66.4 cm³/mol. The van der Waals surface area contributed by atoms with E-state index >= 15 is 0 Å². The van der Waals surface area contributed by atoms with E-state index in [1.165, 1.54) is 0 Å². The first-order chi connectivity index (χ1) is 8.97. The van der Waals surface area contributed by atoms with Crippen LogP contribution in [0.3, 0.4) is 0 Å². The number of aromatic nitrogens is 2. The summed E-state index contributed by atoms with van der Waals surface area (Å²) in [7, 11) is 0. The maximum Gasteiger partial charge on any atom is 0.257 e. The Labute approximate surface area is 116 Å². The van der Waals surface area contributed by atoms with Crippen molar-refractivity contribution in [3.8, 4) is 0 Å². The summed E-state index contributed by atoms with van der Waals surface area (Å²) in [6.45, 7) is 0. The molecule has 1 amide bonds. The highest BCUT2D eigenvalue weighted by atomic mass is 35.5. The number of carbonyl (C=O) groups excluding carboxylic acids is 1. The molecule has 0 radical (unpaired) electrons. The number of hydrogen-bond acceptors (Lipinski definition) is 3. The van der Waals surface area contributed by atoms with Crippen LogP contribution in [0.15, 0.2) is 24.5 Å². The van der Waals surface area contributed by atoms with Crippen LogP contribution in [-0.2, 0) is 0 Å². The lowest BCUT2D eigenvalue weighted by Crippen LogP contribution is -2.14. The van der Waals surface area contributed by atoms with Gasteiger partial charge < -0.3 is 5.32 Å². The minimum absolute atomic E-state index is 0.0441. The fourth-order valence-electron chi connectivity index (χ4n) is 1.30. The lowest BCUT2D eigenvalue weighted by molar-refractivity contribution is 0.102. The van der Waals surface area contributed by atoms with Crippen LogP contribution in [0.2, 0.25) is 10.2 Å². The maximum atomic E-state index is 13.0. The van der Waals surface area contributed by atoms with Gasteiger partial charge in [0.15, 0.2) is 11.0 Å². The summed E-state index contributed by atoms with van der Waals surface area (Å²) in [5.41, 5.74) is -0.205. The van der Waals surface area contributed by atoms with Gasteiger partial charge in [0.05, 0.1) is 0 Å². The van der Waals surface area contributed by atoms with E-state index < -0.39 is 17.5 Å². The van der Waals surface area contributed by atoms with Gasteiger partial charge in [0.1, 0.15) is 23.0 Å². The van der Waals surface area contributed by atoms with Gasteiger partial charge in [0.25, 0.3) is 5.91 Å². The van der Waals surface area contributed by atoms with E-state index in [-0.39, 0.29) is 21.6 Å². The number of benzene rings is 1. The summed E-state index contributed by atoms with van der Waals surface area (Å²) in [6.07, 6.45) is 1.09. The second kappa shape index (κ2) is 5.46. The highest BCUT2D eigenvalue weighted by Gasteiger charge is 2.13. The summed E-state index contributed by atoms with van der Waals surface area (Å²) in [6, 6.07) is 2.43. The fourth-order valence-corrected chi connectivity index (χ4v) is 1.58. The smallest absolute Gasteiger partial charge is 0.257 e. The Morgan fingerprint density at radius 1 is 1.11 bits per heavy atom. The van der Waals surface area contributed by atoms with E-state index in [0.29, 0.717) is 6.07 Å². The zero-order chi connectivity index (χ0) is 14.0. The van der Waals surface area contributed by atoms with Crippen molar-refractivity contribution >= 4 is 34.9 Å². The lowest BCUT2D eigenvalue weighted by atomic mass is 10.2. The van der Waals surface area contributed by atoms with Crippen molar-refractivity contribution in [1.82, 2.24) is 9.97 Å². The van der Waals surface area contributed by atoms with Gasteiger partial charge in [0, 0.05) is 11.6 Å². The molecule has 0 bridgehead atoms. The van der Waals surface area contributed by atoms with Crippen LogP contribution >= 0.6 is 23.2 Å². The Hall–Kier alpha value is -1.79. The van der Waals surface area contributed by atoms with Crippen molar-refractivity contribution in [3.05, 3.63) is 51.9 Å². The van der Waals surface area contributed by atoms with Gasteiger partial charge in [0.2, 0.25) is 0 Å². The number of carbonyl (C=O) groups is 1. The Morgan fingerprint density at radius 3 is 2.37 bits per heavy atom. The molecule has 2 rings (SSSR count). The van der Waals surface area contributed by atoms with Gasteiger partial charge in [-0.05, 0) is 12.1 Å². The van der Waals surface area contributed by atoms with E-state index in [0.717, 1.165) is 18.5 Å². The molecule has 1 heterocycles. The quantitative estimate of drug-likeness (QED) is 0.866. The SMILES string of the molecule is O=C(Nc1ncnc(Cl)c1Cl)c1cc(F)cc(F)c1. The van der Waals surface area contributed by atoms with Crippen molar-refractivity contribution in [1.29, 1.82) is 0 Å². The zero-order valence-electron chi connectivity index (χ0n) is 9.12. The van der Waals surface area contributed by atoms with Crippen LogP contribution in [-0.4, -0.2) is 15.9 Å². The Balaban J connectivity index is 2.28. The van der Waals surface area contributed by atoms with E-state index in [1.807, 2.05) is 0 Å². The molecule has 19 heavy (non-hydrogen) atoms. The third-order valence-corrected chi connectivity index (χ3v) is 2.84. The lowest BCUT2D eigenvalue weighted by Gasteiger charge is -2.06. The Kier molecular flexibility index (Phi) is 3.92. The number of rotatable bonds is 2. The minimum Gasteiger partial charge on any atom is -0.305 e. The largest absolute Gasteiger partial charge is 0.305 e. The molecule has 4 nitrogen and oxygen atoms in total. The summed E-state index contributed by atoms with van der Waals surface area (Å²) < 4.78 is 26.0. The molecule has 2 aromatic rings. The van der Waals surface area contributed by atoms with Crippen molar-refractivity contribution < 1.29 is 13.6 Å². The van der Waals surface area contributed by atoms with Gasteiger partial charge in [-0.3, -0.25) is 4.79 Å². The van der Waals surface area contributed by atoms with Crippen molar-refractivity contribution in [3.63, 3.8) is 0 Å². The maximum absolute atomic E-state index is 13.0. The molecule has 8 heteroatoms. The molecule has 1 aromatic heterocycles. The molecule has 0 aliphatic rings. The average molecular weight is 304 g/mol. The van der Waals surface area contributed by atoms with Crippen molar-refractivity contribution in [2.75, 3.05) is 5.32 Å². The molecule has 0 spiro atoms. The summed E-state index contributed by atoms with van der Waals surface area (Å²) >= 11 is 11.4. The number of nitrogens with zero attached hydrogens (tertiary/aromatic N) is 2. The van der Waals surface area contributed by atoms with E-state index in [9.17, 15) is 13.6 Å². The standard InChI is InChI=1S/C11H5Cl2F2N3O/c12-8-9(13)16-4-17-10(8)18-11(19)5-1-6(14)3-7(15)2-5/h1-4H,(H,16,17,18,19). The van der Waals surface area contributed by atoms with Crippen LogP contribution in [0.5, 0.6) is 0 Å². The third kappa shape index (κ3) is 3.15. The number of nitrogens with one attached hydrogen (secondary N) is 1. The van der Waals surface area contributed by atoms with Crippen molar-refractivity contribution in [2.24, 2.45) is 0 Å². The van der Waals surface area contributed by atoms with Crippen LogP contribution < -0.4 is 5.32 Å². The van der Waals surface area contributed by atoms with E-state index in [4.69, 9.17) is 23.2 Å². The monoisotopic (exact) mass is 303 g/mol. The minimum atomic E-state index is -0.864. The molecule has 0 fully saturated rings. The van der Waals surface area contributed by atoms with Crippen LogP contribution in [0.25, 0.3) is 0 Å². The number of hydrogen-bond donors (Lipinski definition) is 1. The summed E-state index contributed by atoms with van der Waals surface area (Å²) in [5, 5.41) is 2.18. The van der Waals surface area contributed by atoms with Crippen LogP contribution in [0, 0.1) is 11.6 Å². The number of halogens is 4. The Bertz CT molecular complexity index is 632. The zero-order valence-corrected chi connectivity index (χ0v) is 10.6. The molecule has 0 saturated heterocycles. The molecular formula is C11H5Cl2F2N3O. The molecule has 0 aliphatic carbocycles. The van der Waals surface area contributed by atoms with Gasteiger partial charge in [-0.1, -0.05) is 23.2 Å². The van der Waals surface area contributed by atoms with E-state index in [2.05, 4.69) is 15.3 Å². The van der Waals surface area contributed by atoms with Gasteiger partial charge in [-0.15, -0.1) is 0 Å². The first-order valence-corrected chi connectivity index (χ1v) is 5.66. The van der Waals surface area contributed by atoms with Gasteiger partial charge in [-0.2, -0.15) is 0 Å². The first kappa shape index (κ1) is 13.6. The number of amides is 1. The highest BCUT2D eigenvalue weighted by Crippen LogP contribution is 2.25.